The Balaban J connectivity index is 1.80. The van der Waals surface area contributed by atoms with Gasteiger partial charge >= 0.3 is 0 Å². The predicted octanol–water partition coefficient (Wildman–Crippen LogP) is 3.14. The molecule has 1 fully saturated rings. The average Bonchev–Trinajstić information content (AvgIpc) is 3.28. The van der Waals surface area contributed by atoms with E-state index in [-0.39, 0.29) is 23.7 Å². The summed E-state index contributed by atoms with van der Waals surface area (Å²) in [6.45, 7) is 0. The fourth-order valence-electron chi connectivity index (χ4n) is 3.94. The van der Waals surface area contributed by atoms with Gasteiger partial charge in [-0.3, -0.25) is 14.9 Å². The number of aliphatic hydroxyl groups is 1. The van der Waals surface area contributed by atoms with E-state index in [0.717, 1.165) is 0 Å². The van der Waals surface area contributed by atoms with Crippen molar-refractivity contribution in [3.05, 3.63) is 45.8 Å². The summed E-state index contributed by atoms with van der Waals surface area (Å²) in [4.78, 5) is 26.9. The van der Waals surface area contributed by atoms with Crippen molar-refractivity contribution in [2.24, 2.45) is 0 Å². The first-order valence-electron chi connectivity index (χ1n) is 9.48. The van der Waals surface area contributed by atoms with Crippen LogP contribution < -0.4 is 15.4 Å². The van der Waals surface area contributed by atoms with Gasteiger partial charge in [0.2, 0.25) is 0 Å². The van der Waals surface area contributed by atoms with Crippen LogP contribution in [0.15, 0.2) is 24.4 Å². The normalized spacial score (nSPS) is 22.3. The Morgan fingerprint density at radius 3 is 2.72 bits per heavy atom. The number of hydrogen-bond donors (Lipinski definition) is 4. The minimum atomic E-state index is -0.448. The number of carbonyl (C=O) groups is 1. The van der Waals surface area contributed by atoms with Gasteiger partial charge in [-0.2, -0.15) is 0 Å². The Kier molecular flexibility index (Phi) is 4.98. The summed E-state index contributed by atoms with van der Waals surface area (Å²) in [6, 6.07) is 4.67. The Hall–Kier alpha value is -3.33. The summed E-state index contributed by atoms with van der Waals surface area (Å²) >= 11 is 0. The molecule has 1 saturated carbocycles. The molecule has 4 rings (SSSR count). The Labute approximate surface area is 166 Å². The smallest absolute Gasteiger partial charge is 0.293 e. The number of nitrogens with zero attached hydrogens (tertiary/aromatic N) is 1. The highest BCUT2D eigenvalue weighted by molar-refractivity contribution is 6.36. The minimum Gasteiger partial charge on any atom is -0.495 e. The Morgan fingerprint density at radius 1 is 1.28 bits per heavy atom. The lowest BCUT2D eigenvalue weighted by molar-refractivity contribution is -0.384. The van der Waals surface area contributed by atoms with Gasteiger partial charge in [-0.15, -0.1) is 0 Å². The summed E-state index contributed by atoms with van der Waals surface area (Å²) in [5.41, 5.74) is 2.16. The topological polar surface area (TPSA) is 130 Å². The van der Waals surface area contributed by atoms with Crippen molar-refractivity contribution in [2.75, 3.05) is 17.7 Å². The van der Waals surface area contributed by atoms with Gasteiger partial charge in [0.15, 0.2) is 0 Å². The van der Waals surface area contributed by atoms with Crippen LogP contribution in [0.4, 0.5) is 17.1 Å². The molecule has 29 heavy (non-hydrogen) atoms. The molecule has 0 atom stereocenters. The van der Waals surface area contributed by atoms with E-state index in [2.05, 4.69) is 15.6 Å². The highest BCUT2D eigenvalue weighted by Gasteiger charge is 2.33. The second-order valence-corrected chi connectivity index (χ2v) is 7.26. The van der Waals surface area contributed by atoms with E-state index in [0.29, 0.717) is 59.6 Å². The second kappa shape index (κ2) is 7.59. The van der Waals surface area contributed by atoms with Gasteiger partial charge < -0.3 is 25.5 Å². The summed E-state index contributed by atoms with van der Waals surface area (Å²) in [5.74, 6) is 0.235. The summed E-state index contributed by atoms with van der Waals surface area (Å²) in [7, 11) is 1.53. The maximum Gasteiger partial charge on any atom is 0.293 e. The SMILES string of the molecule is COc1cc[nH]c1C=C1C(=O)Nc2ccc([N+](=O)[O-])c(NC3CCC(O)CC3)c21. The van der Waals surface area contributed by atoms with Crippen LogP contribution in [-0.2, 0) is 4.79 Å². The van der Waals surface area contributed by atoms with Gasteiger partial charge in [0.25, 0.3) is 11.6 Å². The van der Waals surface area contributed by atoms with E-state index in [1.165, 1.54) is 13.2 Å². The average molecular weight is 398 g/mol. The van der Waals surface area contributed by atoms with E-state index in [1.54, 1.807) is 24.4 Å². The monoisotopic (exact) mass is 398 g/mol. The van der Waals surface area contributed by atoms with E-state index < -0.39 is 4.92 Å². The standard InChI is InChI=1S/C20H22N4O5/c1-29-17-8-9-21-15(17)10-13-18-14(23-20(13)26)6-7-16(24(27)28)19(18)22-11-2-4-12(25)5-3-11/h6-12,21-22,25H,2-5H2,1H3,(H,23,26). The maximum absolute atomic E-state index is 12.7. The molecular weight excluding hydrogens is 376 g/mol. The number of nitro groups is 1. The zero-order valence-electron chi connectivity index (χ0n) is 15.9. The fraction of sp³-hybridized carbons (Fsp3) is 0.350. The van der Waals surface area contributed by atoms with E-state index in [9.17, 15) is 20.0 Å². The molecule has 1 aliphatic heterocycles. The largest absolute Gasteiger partial charge is 0.495 e. The molecule has 0 spiro atoms. The molecular formula is C20H22N4O5. The Morgan fingerprint density at radius 2 is 2.03 bits per heavy atom. The quantitative estimate of drug-likeness (QED) is 0.348. The highest BCUT2D eigenvalue weighted by atomic mass is 16.6. The number of ether oxygens (including phenoxy) is 1. The number of benzene rings is 1. The van der Waals surface area contributed by atoms with Crippen molar-refractivity contribution in [3.8, 4) is 5.75 Å². The molecule has 1 aromatic heterocycles. The van der Waals surface area contributed by atoms with Crippen LogP contribution in [0.5, 0.6) is 5.75 Å². The number of fused-ring (bicyclic) bond motifs is 1. The number of nitrogens with one attached hydrogen (secondary N) is 3. The number of H-pyrrole nitrogens is 1. The van der Waals surface area contributed by atoms with Gasteiger partial charge in [0, 0.05) is 23.9 Å². The molecule has 1 amide bonds. The second-order valence-electron chi connectivity index (χ2n) is 7.26. The first-order valence-corrected chi connectivity index (χ1v) is 9.48. The number of aromatic nitrogens is 1. The number of aliphatic hydroxyl groups excluding tert-OH is 1. The van der Waals surface area contributed by atoms with Crippen LogP contribution in [0.3, 0.4) is 0 Å². The van der Waals surface area contributed by atoms with Crippen molar-refractivity contribution < 1.29 is 19.6 Å². The van der Waals surface area contributed by atoms with Gasteiger partial charge in [-0.1, -0.05) is 0 Å². The summed E-state index contributed by atoms with van der Waals surface area (Å²) < 4.78 is 5.29. The van der Waals surface area contributed by atoms with E-state index >= 15 is 0 Å². The lowest BCUT2D eigenvalue weighted by Crippen LogP contribution is -2.28. The number of hydrogen-bond acceptors (Lipinski definition) is 6. The maximum atomic E-state index is 12.7. The third-order valence-electron chi connectivity index (χ3n) is 5.43. The van der Waals surface area contributed by atoms with Crippen molar-refractivity contribution >= 4 is 34.6 Å². The molecule has 2 aromatic rings. The molecule has 9 nitrogen and oxygen atoms in total. The van der Waals surface area contributed by atoms with Crippen molar-refractivity contribution in [1.29, 1.82) is 0 Å². The van der Waals surface area contributed by atoms with E-state index in [1.807, 2.05) is 0 Å². The molecule has 4 N–H and O–H groups in total. The van der Waals surface area contributed by atoms with Crippen LogP contribution >= 0.6 is 0 Å². The molecule has 1 aliphatic carbocycles. The molecule has 1 aromatic carbocycles. The van der Waals surface area contributed by atoms with Gasteiger partial charge in [0.05, 0.1) is 35.1 Å². The van der Waals surface area contributed by atoms with Crippen LogP contribution in [0, 0.1) is 10.1 Å². The lowest BCUT2D eigenvalue weighted by Gasteiger charge is -2.27. The zero-order valence-corrected chi connectivity index (χ0v) is 15.9. The number of amides is 1. The Bertz CT molecular complexity index is 989. The van der Waals surface area contributed by atoms with Crippen LogP contribution in [0.2, 0.25) is 0 Å². The van der Waals surface area contributed by atoms with Crippen molar-refractivity contribution in [1.82, 2.24) is 4.98 Å². The van der Waals surface area contributed by atoms with Gasteiger partial charge in [-0.05, 0) is 43.9 Å². The number of rotatable bonds is 5. The highest BCUT2D eigenvalue weighted by Crippen LogP contribution is 2.44. The van der Waals surface area contributed by atoms with Crippen molar-refractivity contribution in [2.45, 2.75) is 37.8 Å². The number of carbonyl (C=O) groups excluding carboxylic acids is 1. The minimum absolute atomic E-state index is 0.0134. The predicted molar refractivity (Wildman–Crippen MR) is 109 cm³/mol. The zero-order chi connectivity index (χ0) is 20.5. The molecule has 152 valence electrons. The van der Waals surface area contributed by atoms with E-state index in [4.69, 9.17) is 4.74 Å². The third kappa shape index (κ3) is 3.56. The van der Waals surface area contributed by atoms with Gasteiger partial charge in [0.1, 0.15) is 11.4 Å². The molecule has 0 unspecified atom stereocenters. The number of aromatic amines is 1. The first kappa shape index (κ1) is 19.0. The van der Waals surface area contributed by atoms with Crippen molar-refractivity contribution in [3.63, 3.8) is 0 Å². The molecule has 0 saturated heterocycles. The fourth-order valence-corrected chi connectivity index (χ4v) is 3.94. The molecule has 2 aliphatic rings. The molecule has 0 bridgehead atoms. The lowest BCUT2D eigenvalue weighted by atomic mass is 9.92. The van der Waals surface area contributed by atoms with Gasteiger partial charge in [-0.25, -0.2) is 0 Å². The molecule has 0 radical (unpaired) electrons. The number of methoxy groups -OCH3 is 1. The molecule has 2 heterocycles. The summed E-state index contributed by atoms with van der Waals surface area (Å²) in [6.07, 6.45) is 5.68. The molecule has 9 heteroatoms. The first-order chi connectivity index (χ1) is 14.0. The van der Waals surface area contributed by atoms with Crippen LogP contribution in [0.25, 0.3) is 11.6 Å². The third-order valence-corrected chi connectivity index (χ3v) is 5.43. The number of nitro benzene ring substituents is 1. The van der Waals surface area contributed by atoms with Crippen LogP contribution in [0.1, 0.15) is 36.9 Å². The van der Waals surface area contributed by atoms with Crippen LogP contribution in [-0.4, -0.2) is 40.2 Å². The summed E-state index contributed by atoms with van der Waals surface area (Å²) in [5, 5.41) is 27.5. The number of anilines is 2.